The van der Waals surface area contributed by atoms with Gasteiger partial charge in [0.25, 0.3) is 0 Å². The zero-order valence-electron chi connectivity index (χ0n) is 11.3. The van der Waals surface area contributed by atoms with Crippen LogP contribution in [0.1, 0.15) is 24.0 Å². The number of allylic oxidation sites excluding steroid dienone is 4. The molecule has 98 valence electrons. The van der Waals surface area contributed by atoms with Crippen LogP contribution < -0.4 is 0 Å². The van der Waals surface area contributed by atoms with E-state index >= 15 is 0 Å². The second-order valence-corrected chi connectivity index (χ2v) is 4.50. The molecule has 0 N–H and O–H groups in total. The molecule has 2 aromatic rings. The number of pyridine rings is 1. The van der Waals surface area contributed by atoms with Gasteiger partial charge in [-0.1, -0.05) is 36.4 Å². The van der Waals surface area contributed by atoms with E-state index in [0.29, 0.717) is 0 Å². The van der Waals surface area contributed by atoms with E-state index in [2.05, 4.69) is 27.1 Å². The van der Waals surface area contributed by atoms with Crippen LogP contribution in [-0.2, 0) is 6.42 Å². The molecule has 0 radical (unpaired) electrons. The molecule has 0 atom stereocenters. The third-order valence-electron chi connectivity index (χ3n) is 3.09. The number of nitrogens with zero attached hydrogens (tertiary/aromatic N) is 3. The van der Waals surface area contributed by atoms with Gasteiger partial charge in [0.05, 0.1) is 11.4 Å². The third kappa shape index (κ3) is 2.43. The Morgan fingerprint density at radius 3 is 2.90 bits per heavy atom. The highest BCUT2D eigenvalue weighted by Crippen LogP contribution is 2.25. The predicted octanol–water partition coefficient (Wildman–Crippen LogP) is 3.70. The quantitative estimate of drug-likeness (QED) is 0.827. The molecule has 0 saturated heterocycles. The second kappa shape index (κ2) is 5.61. The van der Waals surface area contributed by atoms with Crippen molar-refractivity contribution in [2.24, 2.45) is 0 Å². The minimum absolute atomic E-state index is 0.732. The molecule has 3 rings (SSSR count). The van der Waals surface area contributed by atoms with Crippen molar-refractivity contribution < 1.29 is 0 Å². The van der Waals surface area contributed by atoms with Crippen molar-refractivity contribution in [2.75, 3.05) is 0 Å². The first kappa shape index (κ1) is 12.5. The summed E-state index contributed by atoms with van der Waals surface area (Å²) in [5, 5.41) is 0. The molecule has 0 amide bonds. The molecule has 2 heterocycles. The molecule has 3 heteroatoms. The Bertz CT molecular complexity index is 698. The third-order valence-corrected chi connectivity index (χ3v) is 3.09. The van der Waals surface area contributed by atoms with Gasteiger partial charge in [-0.25, -0.2) is 9.97 Å². The topological polar surface area (TPSA) is 38.7 Å². The zero-order chi connectivity index (χ0) is 13.8. The average molecular weight is 261 g/mol. The van der Waals surface area contributed by atoms with Gasteiger partial charge >= 0.3 is 0 Å². The fourth-order valence-corrected chi connectivity index (χ4v) is 2.20. The fourth-order valence-electron chi connectivity index (χ4n) is 2.20. The lowest BCUT2D eigenvalue weighted by molar-refractivity contribution is 1.02. The second-order valence-electron chi connectivity index (χ2n) is 4.50. The Morgan fingerprint density at radius 2 is 2.10 bits per heavy atom. The minimum Gasteiger partial charge on any atom is -0.255 e. The number of aromatic nitrogens is 3. The first-order valence-electron chi connectivity index (χ1n) is 6.66. The lowest BCUT2D eigenvalue weighted by Gasteiger charge is -2.10. The van der Waals surface area contributed by atoms with Crippen molar-refractivity contribution in [2.45, 2.75) is 13.3 Å². The van der Waals surface area contributed by atoms with Gasteiger partial charge in [0.1, 0.15) is 5.69 Å². The van der Waals surface area contributed by atoms with Gasteiger partial charge in [-0.15, -0.1) is 0 Å². The highest BCUT2D eigenvalue weighted by molar-refractivity contribution is 5.73. The van der Waals surface area contributed by atoms with Gasteiger partial charge in [0.15, 0.2) is 5.82 Å². The first-order chi connectivity index (χ1) is 9.88. The molecule has 0 fully saturated rings. The zero-order valence-corrected chi connectivity index (χ0v) is 11.3. The SMILES string of the molecule is C/C=C/c1nc2c(c(-c3ccccn3)n1)C=CC=CC2. The first-order valence-corrected chi connectivity index (χ1v) is 6.66. The Kier molecular flexibility index (Phi) is 3.50. The average Bonchev–Trinajstić information content (AvgIpc) is 2.73. The van der Waals surface area contributed by atoms with Crippen LogP contribution in [0.2, 0.25) is 0 Å². The van der Waals surface area contributed by atoms with Gasteiger partial charge in [-0.3, -0.25) is 4.98 Å². The summed E-state index contributed by atoms with van der Waals surface area (Å²) in [6, 6.07) is 5.87. The van der Waals surface area contributed by atoms with Crippen molar-refractivity contribution >= 4 is 12.2 Å². The Balaban J connectivity index is 2.24. The Hall–Kier alpha value is -2.55. The molecular weight excluding hydrogens is 246 g/mol. The van der Waals surface area contributed by atoms with Crippen LogP contribution in [-0.4, -0.2) is 15.0 Å². The highest BCUT2D eigenvalue weighted by atomic mass is 14.9. The molecule has 0 aromatic carbocycles. The van der Waals surface area contributed by atoms with Crippen LogP contribution >= 0.6 is 0 Å². The van der Waals surface area contributed by atoms with E-state index in [9.17, 15) is 0 Å². The van der Waals surface area contributed by atoms with E-state index in [1.807, 2.05) is 49.4 Å². The highest BCUT2D eigenvalue weighted by Gasteiger charge is 2.14. The molecule has 1 aliphatic carbocycles. The molecule has 0 bridgehead atoms. The molecule has 3 nitrogen and oxygen atoms in total. The van der Waals surface area contributed by atoms with E-state index in [1.54, 1.807) is 6.20 Å². The van der Waals surface area contributed by atoms with E-state index in [1.165, 1.54) is 0 Å². The molecule has 0 unspecified atom stereocenters. The summed E-state index contributed by atoms with van der Waals surface area (Å²) in [6.07, 6.45) is 14.7. The number of rotatable bonds is 2. The van der Waals surface area contributed by atoms with Crippen LogP contribution in [0.4, 0.5) is 0 Å². The monoisotopic (exact) mass is 261 g/mol. The maximum Gasteiger partial charge on any atom is 0.152 e. The normalized spacial score (nSPS) is 13.4. The molecule has 2 aromatic heterocycles. The molecule has 0 spiro atoms. The van der Waals surface area contributed by atoms with Crippen molar-refractivity contribution in [3.63, 3.8) is 0 Å². The van der Waals surface area contributed by atoms with Crippen LogP contribution in [0, 0.1) is 0 Å². The lowest BCUT2D eigenvalue weighted by atomic mass is 10.1. The summed E-state index contributed by atoms with van der Waals surface area (Å²) in [5.74, 6) is 0.732. The van der Waals surface area contributed by atoms with Gasteiger partial charge in [-0.2, -0.15) is 0 Å². The summed E-state index contributed by atoms with van der Waals surface area (Å²) >= 11 is 0. The lowest BCUT2D eigenvalue weighted by Crippen LogP contribution is -2.02. The van der Waals surface area contributed by atoms with Crippen LogP contribution in [0.5, 0.6) is 0 Å². The van der Waals surface area contributed by atoms with E-state index < -0.39 is 0 Å². The minimum atomic E-state index is 0.732. The maximum absolute atomic E-state index is 4.65. The largest absolute Gasteiger partial charge is 0.255 e. The van der Waals surface area contributed by atoms with Crippen LogP contribution in [0.15, 0.2) is 48.7 Å². The maximum atomic E-state index is 4.65. The van der Waals surface area contributed by atoms with E-state index in [0.717, 1.165) is 34.9 Å². The van der Waals surface area contributed by atoms with Gasteiger partial charge in [-0.05, 0) is 25.1 Å². The van der Waals surface area contributed by atoms with Gasteiger partial charge in [0, 0.05) is 18.2 Å². The van der Waals surface area contributed by atoms with Crippen molar-refractivity contribution in [1.82, 2.24) is 15.0 Å². The number of fused-ring (bicyclic) bond motifs is 1. The molecule has 20 heavy (non-hydrogen) atoms. The van der Waals surface area contributed by atoms with Crippen molar-refractivity contribution in [3.8, 4) is 11.4 Å². The van der Waals surface area contributed by atoms with E-state index in [4.69, 9.17) is 0 Å². The van der Waals surface area contributed by atoms with Crippen molar-refractivity contribution in [1.29, 1.82) is 0 Å². The Morgan fingerprint density at radius 1 is 1.15 bits per heavy atom. The number of hydrogen-bond donors (Lipinski definition) is 0. The smallest absolute Gasteiger partial charge is 0.152 e. The summed E-state index contributed by atoms with van der Waals surface area (Å²) < 4.78 is 0. The van der Waals surface area contributed by atoms with Crippen LogP contribution in [0.25, 0.3) is 23.5 Å². The number of hydrogen-bond acceptors (Lipinski definition) is 3. The molecule has 0 saturated carbocycles. The molecule has 0 aliphatic heterocycles. The van der Waals surface area contributed by atoms with E-state index in [-0.39, 0.29) is 0 Å². The Labute approximate surface area is 118 Å². The summed E-state index contributed by atoms with van der Waals surface area (Å²) in [6.45, 7) is 1.97. The molecule has 1 aliphatic rings. The summed E-state index contributed by atoms with van der Waals surface area (Å²) in [4.78, 5) is 13.7. The summed E-state index contributed by atoms with van der Waals surface area (Å²) in [7, 11) is 0. The van der Waals surface area contributed by atoms with Gasteiger partial charge in [0.2, 0.25) is 0 Å². The van der Waals surface area contributed by atoms with Crippen molar-refractivity contribution in [3.05, 3.63) is 65.8 Å². The molecular formula is C17H15N3. The summed E-state index contributed by atoms with van der Waals surface area (Å²) in [5.41, 5.74) is 3.87. The predicted molar refractivity (Wildman–Crippen MR) is 81.8 cm³/mol. The van der Waals surface area contributed by atoms with Gasteiger partial charge < -0.3 is 0 Å². The standard InChI is InChI=1S/C17H15N3/c1-2-8-16-19-14-10-5-3-4-9-13(14)17(20-16)15-11-6-7-12-18-15/h2-9,11-12H,10H2,1H3/b8-2+. The fraction of sp³-hybridized carbons (Fsp3) is 0.118. The van der Waals surface area contributed by atoms with Crippen LogP contribution in [0.3, 0.4) is 0 Å².